The average molecular weight is 270 g/mol. The van der Waals surface area contributed by atoms with Crippen LogP contribution in [0.5, 0.6) is 0 Å². The third-order valence-electron chi connectivity index (χ3n) is 2.39. The molecule has 1 aromatic heterocycles. The zero-order chi connectivity index (χ0) is 11.2. The van der Waals surface area contributed by atoms with Crippen LogP contribution in [0.3, 0.4) is 0 Å². The summed E-state index contributed by atoms with van der Waals surface area (Å²) >= 11 is 3.23. The van der Waals surface area contributed by atoms with E-state index in [-0.39, 0.29) is 11.6 Å². The molecule has 0 bridgehead atoms. The first-order valence-corrected chi connectivity index (χ1v) is 5.25. The van der Waals surface area contributed by atoms with E-state index >= 15 is 0 Å². The van der Waals surface area contributed by atoms with Crippen LogP contribution in [0, 0.1) is 5.82 Å². The van der Waals surface area contributed by atoms with Crippen LogP contribution in [0.1, 0.15) is 17.3 Å². The molecule has 0 saturated heterocycles. The van der Waals surface area contributed by atoms with Gasteiger partial charge in [0.2, 0.25) is 0 Å². The number of aryl methyl sites for hydroxylation is 1. The Morgan fingerprint density at radius 2 is 2.13 bits per heavy atom. The summed E-state index contributed by atoms with van der Waals surface area (Å²) in [5.41, 5.74) is 1.14. The third kappa shape index (κ3) is 1.59. The Labute approximate surface area is 94.8 Å². The van der Waals surface area contributed by atoms with E-state index in [1.54, 1.807) is 23.9 Å². The van der Waals surface area contributed by atoms with Crippen LogP contribution in [0.4, 0.5) is 4.39 Å². The lowest BCUT2D eigenvalue weighted by atomic mass is 10.1. The topological polar surface area (TPSA) is 22.0 Å². The van der Waals surface area contributed by atoms with E-state index in [0.29, 0.717) is 20.9 Å². The molecule has 0 aliphatic carbocycles. The van der Waals surface area contributed by atoms with Crippen molar-refractivity contribution < 1.29 is 9.18 Å². The Hall–Kier alpha value is -1.16. The number of nitrogens with zero attached hydrogens (tertiary/aromatic N) is 1. The first kappa shape index (κ1) is 10.4. The molecule has 2 rings (SSSR count). The first-order valence-electron chi connectivity index (χ1n) is 4.45. The normalized spacial score (nSPS) is 10.9. The molecular formula is C11H9BrFNO. The maximum atomic E-state index is 13.7. The predicted octanol–water partition coefficient (Wildman–Crippen LogP) is 3.28. The monoisotopic (exact) mass is 269 g/mol. The van der Waals surface area contributed by atoms with Crippen molar-refractivity contribution in [3.05, 3.63) is 34.2 Å². The van der Waals surface area contributed by atoms with Crippen LogP contribution >= 0.6 is 15.9 Å². The molecule has 0 atom stereocenters. The first-order chi connectivity index (χ1) is 7.00. The standard InChI is InChI=1S/C11H9BrFNO/c1-6(15)8-5-14(2)10-4-7(12)3-9(13)11(8)10/h3-5H,1-2H3. The largest absolute Gasteiger partial charge is 0.350 e. The predicted molar refractivity (Wildman–Crippen MR) is 60.6 cm³/mol. The fraction of sp³-hybridized carbons (Fsp3) is 0.182. The van der Waals surface area contributed by atoms with E-state index in [1.807, 2.05) is 0 Å². The van der Waals surface area contributed by atoms with Gasteiger partial charge in [-0.25, -0.2) is 4.39 Å². The fourth-order valence-corrected chi connectivity index (χ4v) is 2.12. The van der Waals surface area contributed by atoms with Gasteiger partial charge in [-0.3, -0.25) is 4.79 Å². The SMILES string of the molecule is CC(=O)c1cn(C)c2cc(Br)cc(F)c12. The van der Waals surface area contributed by atoms with Gasteiger partial charge in [0.1, 0.15) is 5.82 Å². The van der Waals surface area contributed by atoms with Gasteiger partial charge in [-0.2, -0.15) is 0 Å². The number of carbonyl (C=O) groups excluding carboxylic acids is 1. The minimum absolute atomic E-state index is 0.123. The quantitative estimate of drug-likeness (QED) is 0.729. The van der Waals surface area contributed by atoms with E-state index in [4.69, 9.17) is 0 Å². The molecule has 0 aliphatic heterocycles. The Morgan fingerprint density at radius 3 is 2.73 bits per heavy atom. The highest BCUT2D eigenvalue weighted by atomic mass is 79.9. The number of ketones is 1. The Morgan fingerprint density at radius 1 is 1.47 bits per heavy atom. The number of fused-ring (bicyclic) bond motifs is 1. The average Bonchev–Trinajstić information content (AvgIpc) is 2.44. The number of hydrogen-bond donors (Lipinski definition) is 0. The van der Waals surface area contributed by atoms with Crippen LogP contribution in [-0.4, -0.2) is 10.4 Å². The second-order valence-electron chi connectivity index (χ2n) is 3.49. The van der Waals surface area contributed by atoms with Gasteiger partial charge in [0.25, 0.3) is 0 Å². The van der Waals surface area contributed by atoms with Crippen LogP contribution in [-0.2, 0) is 7.05 Å². The van der Waals surface area contributed by atoms with Crippen molar-refractivity contribution in [1.29, 1.82) is 0 Å². The second-order valence-corrected chi connectivity index (χ2v) is 4.41. The van der Waals surface area contributed by atoms with E-state index in [1.165, 1.54) is 13.0 Å². The van der Waals surface area contributed by atoms with Crippen molar-refractivity contribution in [3.8, 4) is 0 Å². The molecule has 0 aliphatic rings. The van der Waals surface area contributed by atoms with Crippen molar-refractivity contribution in [2.75, 3.05) is 0 Å². The summed E-state index contributed by atoms with van der Waals surface area (Å²) in [5, 5.41) is 0.396. The van der Waals surface area contributed by atoms with E-state index in [2.05, 4.69) is 15.9 Å². The number of aromatic nitrogens is 1. The van der Waals surface area contributed by atoms with Gasteiger partial charge in [0.15, 0.2) is 5.78 Å². The highest BCUT2D eigenvalue weighted by molar-refractivity contribution is 9.10. The van der Waals surface area contributed by atoms with E-state index in [9.17, 15) is 9.18 Å². The Bertz CT molecular complexity index is 559. The second kappa shape index (κ2) is 3.45. The molecule has 0 unspecified atom stereocenters. The molecule has 4 heteroatoms. The van der Waals surface area contributed by atoms with Crippen LogP contribution in [0.25, 0.3) is 10.9 Å². The van der Waals surface area contributed by atoms with Crippen LogP contribution < -0.4 is 0 Å². The molecular weight excluding hydrogens is 261 g/mol. The summed E-state index contributed by atoms with van der Waals surface area (Å²) in [6, 6.07) is 3.17. The van der Waals surface area contributed by atoms with Gasteiger partial charge in [0, 0.05) is 28.7 Å². The maximum Gasteiger partial charge on any atom is 0.162 e. The number of benzene rings is 1. The van der Waals surface area contributed by atoms with Gasteiger partial charge in [-0.1, -0.05) is 15.9 Å². The van der Waals surface area contributed by atoms with Crippen molar-refractivity contribution in [2.24, 2.45) is 7.05 Å². The zero-order valence-electron chi connectivity index (χ0n) is 8.34. The lowest BCUT2D eigenvalue weighted by Crippen LogP contribution is -1.90. The molecule has 0 fully saturated rings. The van der Waals surface area contributed by atoms with Crippen LogP contribution in [0.2, 0.25) is 0 Å². The summed E-state index contributed by atoms with van der Waals surface area (Å²) < 4.78 is 16.1. The molecule has 0 saturated carbocycles. The number of halogens is 2. The molecule has 15 heavy (non-hydrogen) atoms. The van der Waals surface area contributed by atoms with Gasteiger partial charge in [-0.15, -0.1) is 0 Å². The molecule has 0 spiro atoms. The Balaban J connectivity index is 2.93. The summed E-state index contributed by atoms with van der Waals surface area (Å²) in [7, 11) is 1.79. The smallest absolute Gasteiger partial charge is 0.162 e. The number of carbonyl (C=O) groups is 1. The van der Waals surface area contributed by atoms with E-state index < -0.39 is 0 Å². The minimum Gasteiger partial charge on any atom is -0.350 e. The number of hydrogen-bond acceptors (Lipinski definition) is 1. The van der Waals surface area contributed by atoms with E-state index in [0.717, 1.165) is 0 Å². The molecule has 1 aromatic carbocycles. The third-order valence-corrected chi connectivity index (χ3v) is 2.84. The highest BCUT2D eigenvalue weighted by Gasteiger charge is 2.14. The molecule has 0 amide bonds. The number of Topliss-reactive ketones (excluding diaryl/α,β-unsaturated/α-hetero) is 1. The van der Waals surface area contributed by atoms with Gasteiger partial charge < -0.3 is 4.57 Å². The minimum atomic E-state index is -0.370. The molecule has 78 valence electrons. The van der Waals surface area contributed by atoms with Crippen molar-refractivity contribution >= 4 is 32.6 Å². The maximum absolute atomic E-state index is 13.7. The van der Waals surface area contributed by atoms with Crippen LogP contribution in [0.15, 0.2) is 22.8 Å². The van der Waals surface area contributed by atoms with Gasteiger partial charge >= 0.3 is 0 Å². The summed E-state index contributed by atoms with van der Waals surface area (Å²) in [6.07, 6.45) is 1.66. The van der Waals surface area contributed by atoms with Gasteiger partial charge in [0.05, 0.1) is 5.52 Å². The fourth-order valence-electron chi connectivity index (χ4n) is 1.70. The van der Waals surface area contributed by atoms with Crippen molar-refractivity contribution in [3.63, 3.8) is 0 Å². The lowest BCUT2D eigenvalue weighted by Gasteiger charge is -1.98. The van der Waals surface area contributed by atoms with Crippen molar-refractivity contribution in [2.45, 2.75) is 6.92 Å². The molecule has 0 N–H and O–H groups in total. The number of rotatable bonds is 1. The highest BCUT2D eigenvalue weighted by Crippen LogP contribution is 2.27. The molecule has 2 nitrogen and oxygen atoms in total. The Kier molecular flexibility index (Phi) is 2.38. The summed E-state index contributed by atoms with van der Waals surface area (Å²) in [5.74, 6) is -0.494. The van der Waals surface area contributed by atoms with Gasteiger partial charge in [-0.05, 0) is 19.1 Å². The summed E-state index contributed by atoms with van der Waals surface area (Å²) in [6.45, 7) is 1.44. The van der Waals surface area contributed by atoms with Crippen molar-refractivity contribution in [1.82, 2.24) is 4.57 Å². The molecule has 1 heterocycles. The lowest BCUT2D eigenvalue weighted by molar-refractivity contribution is 0.101. The molecule has 2 aromatic rings. The molecule has 0 radical (unpaired) electrons. The zero-order valence-corrected chi connectivity index (χ0v) is 9.93. The summed E-state index contributed by atoms with van der Waals surface area (Å²) in [4.78, 5) is 11.3.